The predicted molar refractivity (Wildman–Crippen MR) is 121 cm³/mol. The number of anilines is 2. The van der Waals surface area contributed by atoms with Gasteiger partial charge in [0.1, 0.15) is 11.4 Å². The second-order valence-electron chi connectivity index (χ2n) is 8.50. The monoisotopic (exact) mass is 454 g/mol. The van der Waals surface area contributed by atoms with Crippen LogP contribution in [0.25, 0.3) is 0 Å². The zero-order valence-corrected chi connectivity index (χ0v) is 19.2. The Labute approximate surface area is 188 Å². The highest BCUT2D eigenvalue weighted by Crippen LogP contribution is 2.21. The van der Waals surface area contributed by atoms with Crippen LogP contribution in [0.1, 0.15) is 46.5 Å². The molecule has 32 heavy (non-hydrogen) atoms. The molecule has 1 atom stereocenters. The van der Waals surface area contributed by atoms with Gasteiger partial charge in [0.15, 0.2) is 0 Å². The quantitative estimate of drug-likeness (QED) is 0.466. The van der Waals surface area contributed by atoms with E-state index in [2.05, 4.69) is 25.4 Å². The first-order valence-electron chi connectivity index (χ1n) is 10.6. The van der Waals surface area contributed by atoms with Gasteiger partial charge in [-0.1, -0.05) is 0 Å². The normalized spacial score (nSPS) is 14.9. The standard InChI is InChI=1S/C17H25FN4O3.C5H10O2/c1-25-17(24)22-15-5-3-12(10-13(15)18)21-16(23)14(19)4-2-11-6-8-20-9-7-11;1-5(2,3)7-4-6/h3,5,10-11,14,20H,2,4,6-9,19H2,1H3,(H,21,23)(H,22,24);4H,1-3H3. The summed E-state index contributed by atoms with van der Waals surface area (Å²) in [6, 6.07) is 3.34. The van der Waals surface area contributed by atoms with Gasteiger partial charge in [-0.15, -0.1) is 0 Å². The van der Waals surface area contributed by atoms with E-state index >= 15 is 0 Å². The molecule has 1 aliphatic heterocycles. The van der Waals surface area contributed by atoms with E-state index in [-0.39, 0.29) is 22.9 Å². The Balaban J connectivity index is 0.000000633. The maximum atomic E-state index is 13.9. The molecule has 1 fully saturated rings. The number of methoxy groups -OCH3 is 1. The van der Waals surface area contributed by atoms with Crippen LogP contribution in [-0.4, -0.2) is 50.3 Å². The van der Waals surface area contributed by atoms with Crippen molar-refractivity contribution in [2.24, 2.45) is 11.7 Å². The van der Waals surface area contributed by atoms with Gasteiger partial charge in [0.25, 0.3) is 6.47 Å². The number of nitrogens with one attached hydrogen (secondary N) is 3. The third kappa shape index (κ3) is 11.1. The summed E-state index contributed by atoms with van der Waals surface area (Å²) < 4.78 is 22.9. The van der Waals surface area contributed by atoms with E-state index in [1.54, 1.807) is 0 Å². The number of benzene rings is 1. The minimum absolute atomic E-state index is 0.0277. The summed E-state index contributed by atoms with van der Waals surface area (Å²) in [5, 5.41) is 8.15. The lowest BCUT2D eigenvalue weighted by Crippen LogP contribution is -2.36. The van der Waals surface area contributed by atoms with E-state index < -0.39 is 18.0 Å². The van der Waals surface area contributed by atoms with E-state index in [0.717, 1.165) is 38.4 Å². The van der Waals surface area contributed by atoms with Crippen LogP contribution in [0.2, 0.25) is 0 Å². The molecule has 1 aliphatic rings. The summed E-state index contributed by atoms with van der Waals surface area (Å²) in [4.78, 5) is 32.8. The van der Waals surface area contributed by atoms with Gasteiger partial charge in [-0.3, -0.25) is 14.9 Å². The van der Waals surface area contributed by atoms with Gasteiger partial charge in [0, 0.05) is 5.69 Å². The van der Waals surface area contributed by atoms with Gasteiger partial charge >= 0.3 is 6.09 Å². The number of nitrogens with two attached hydrogens (primary N) is 1. The Morgan fingerprint density at radius 2 is 1.94 bits per heavy atom. The number of carbonyl (C=O) groups excluding carboxylic acids is 3. The fourth-order valence-corrected chi connectivity index (χ4v) is 2.95. The first-order chi connectivity index (χ1) is 15.1. The molecule has 5 N–H and O–H groups in total. The Bertz CT molecular complexity index is 748. The molecule has 180 valence electrons. The first-order valence-corrected chi connectivity index (χ1v) is 10.6. The molecule has 0 radical (unpaired) electrons. The van der Waals surface area contributed by atoms with E-state index in [0.29, 0.717) is 18.8 Å². The van der Waals surface area contributed by atoms with E-state index in [9.17, 15) is 18.8 Å². The highest BCUT2D eigenvalue weighted by atomic mass is 19.1. The van der Waals surface area contributed by atoms with Gasteiger partial charge in [-0.2, -0.15) is 0 Å². The topological polar surface area (TPSA) is 132 Å². The number of hydrogen-bond donors (Lipinski definition) is 4. The Kier molecular flexibility index (Phi) is 11.6. The van der Waals surface area contributed by atoms with Gasteiger partial charge in [0.05, 0.1) is 18.8 Å². The van der Waals surface area contributed by atoms with Crippen molar-refractivity contribution >= 4 is 29.8 Å². The van der Waals surface area contributed by atoms with Crippen LogP contribution in [-0.2, 0) is 19.1 Å². The Morgan fingerprint density at radius 3 is 2.44 bits per heavy atom. The number of carbonyl (C=O) groups is 3. The highest BCUT2D eigenvalue weighted by molar-refractivity contribution is 5.95. The van der Waals surface area contributed by atoms with Crippen molar-refractivity contribution in [3.63, 3.8) is 0 Å². The third-order valence-corrected chi connectivity index (χ3v) is 4.74. The summed E-state index contributed by atoms with van der Waals surface area (Å²) in [6.07, 6.45) is 2.95. The van der Waals surface area contributed by atoms with E-state index in [1.165, 1.54) is 19.2 Å². The lowest BCUT2D eigenvalue weighted by atomic mass is 9.91. The average Bonchev–Trinajstić information content (AvgIpc) is 2.74. The molecule has 2 amide bonds. The Morgan fingerprint density at radius 1 is 1.28 bits per heavy atom. The van der Waals surface area contributed by atoms with Crippen molar-refractivity contribution in [1.82, 2.24) is 5.32 Å². The van der Waals surface area contributed by atoms with Crippen LogP contribution >= 0.6 is 0 Å². The number of hydrogen-bond acceptors (Lipinski definition) is 7. The maximum Gasteiger partial charge on any atom is 0.411 e. The van der Waals surface area contributed by atoms with Crippen LogP contribution in [0.15, 0.2) is 18.2 Å². The molecule has 1 heterocycles. The van der Waals surface area contributed by atoms with Crippen LogP contribution in [0.4, 0.5) is 20.6 Å². The SMILES string of the molecule is CC(C)(C)OC=O.COC(=O)Nc1ccc(NC(=O)C(N)CCC2CCNCC2)cc1F. The molecule has 1 saturated heterocycles. The smallest absolute Gasteiger partial charge is 0.411 e. The van der Waals surface area contributed by atoms with Crippen LogP contribution in [0.5, 0.6) is 0 Å². The third-order valence-electron chi connectivity index (χ3n) is 4.74. The molecular weight excluding hydrogens is 419 g/mol. The molecule has 0 aliphatic carbocycles. The van der Waals surface area contributed by atoms with E-state index in [4.69, 9.17) is 5.73 Å². The van der Waals surface area contributed by atoms with Gasteiger partial charge in [0.2, 0.25) is 5.91 Å². The first kappa shape index (κ1) is 27.3. The number of amides is 2. The molecular formula is C22H35FN4O5. The molecule has 1 aromatic carbocycles. The number of piperidine rings is 1. The molecule has 2 rings (SSSR count). The molecule has 0 aromatic heterocycles. The van der Waals surface area contributed by atoms with Crippen LogP contribution < -0.4 is 21.7 Å². The Hall–Kier alpha value is -2.72. The summed E-state index contributed by atoms with van der Waals surface area (Å²) in [5.41, 5.74) is 5.88. The fraction of sp³-hybridized carbons (Fsp3) is 0.591. The molecule has 0 saturated carbocycles. The molecule has 1 aromatic rings. The van der Waals surface area contributed by atoms with Gasteiger partial charge in [-0.25, -0.2) is 9.18 Å². The summed E-state index contributed by atoms with van der Waals surface area (Å²) >= 11 is 0. The summed E-state index contributed by atoms with van der Waals surface area (Å²) in [6.45, 7) is 7.94. The minimum Gasteiger partial charge on any atom is -0.462 e. The van der Waals surface area contributed by atoms with Crippen molar-refractivity contribution in [2.45, 2.75) is 58.1 Å². The number of ether oxygens (including phenoxy) is 2. The average molecular weight is 455 g/mol. The van der Waals surface area contributed by atoms with Crippen molar-refractivity contribution in [3.8, 4) is 0 Å². The minimum atomic E-state index is -0.768. The molecule has 9 nitrogen and oxygen atoms in total. The highest BCUT2D eigenvalue weighted by Gasteiger charge is 2.19. The second-order valence-corrected chi connectivity index (χ2v) is 8.50. The van der Waals surface area contributed by atoms with Gasteiger partial charge < -0.3 is 25.8 Å². The lowest BCUT2D eigenvalue weighted by Gasteiger charge is -2.23. The zero-order valence-electron chi connectivity index (χ0n) is 19.2. The second kappa shape index (κ2) is 13.6. The van der Waals surface area contributed by atoms with E-state index in [1.807, 2.05) is 20.8 Å². The number of rotatable bonds is 7. The van der Waals surface area contributed by atoms with Crippen molar-refractivity contribution in [3.05, 3.63) is 24.0 Å². The van der Waals surface area contributed by atoms with Crippen molar-refractivity contribution < 1.29 is 28.2 Å². The van der Waals surface area contributed by atoms with Crippen molar-refractivity contribution in [1.29, 1.82) is 0 Å². The summed E-state index contributed by atoms with van der Waals surface area (Å²) in [7, 11) is 1.19. The number of halogens is 1. The molecule has 0 bridgehead atoms. The molecule has 1 unspecified atom stereocenters. The van der Waals surface area contributed by atoms with Crippen LogP contribution in [0.3, 0.4) is 0 Å². The zero-order chi connectivity index (χ0) is 24.1. The predicted octanol–water partition coefficient (Wildman–Crippen LogP) is 3.01. The van der Waals surface area contributed by atoms with Crippen LogP contribution in [0, 0.1) is 11.7 Å². The lowest BCUT2D eigenvalue weighted by molar-refractivity contribution is -0.138. The molecule has 10 heteroatoms. The maximum absolute atomic E-state index is 13.9. The summed E-state index contributed by atoms with van der Waals surface area (Å²) in [5.74, 6) is -0.422. The van der Waals surface area contributed by atoms with Crippen molar-refractivity contribution in [2.75, 3.05) is 30.8 Å². The molecule has 0 spiro atoms. The van der Waals surface area contributed by atoms with Gasteiger partial charge in [-0.05, 0) is 83.7 Å². The largest absolute Gasteiger partial charge is 0.462 e. The fourth-order valence-electron chi connectivity index (χ4n) is 2.95.